The molecule has 0 bridgehead atoms. The molecule has 17 nitrogen and oxygen atoms in total. The van der Waals surface area contributed by atoms with Crippen molar-refractivity contribution in [2.45, 2.75) is 131 Å². The van der Waals surface area contributed by atoms with E-state index in [2.05, 4.69) is 35.5 Å². The third kappa shape index (κ3) is 8.81. The van der Waals surface area contributed by atoms with Gasteiger partial charge in [0.2, 0.25) is 23.7 Å². The van der Waals surface area contributed by atoms with Crippen molar-refractivity contribution in [2.75, 3.05) is 48.3 Å². The fourth-order valence-corrected chi connectivity index (χ4v) is 12.7. The van der Waals surface area contributed by atoms with Crippen molar-refractivity contribution in [3.8, 4) is 0 Å². The molecule has 2 aromatic heterocycles. The number of nitrogens with zero attached hydrogens (tertiary/aromatic N) is 6. The topological polar surface area (TPSA) is 216 Å². The predicted molar refractivity (Wildman–Crippen MR) is 250 cm³/mol. The minimum absolute atomic E-state index is 0.0113. The summed E-state index contributed by atoms with van der Waals surface area (Å²) in [6, 6.07) is 7.94. The molecule has 2 spiro atoms. The second kappa shape index (κ2) is 17.8. The first-order valence-corrected chi connectivity index (χ1v) is 25.2. The van der Waals surface area contributed by atoms with E-state index in [9.17, 15) is 28.5 Å². The SMILES string of the molecule is Cc1cc(S(=O)NC2(O)CC3(CCN(CC4CCN(c5ccc6c(c5F)n(C)c(=O)n6C5CCC(=O)NC5=O)CC4)CC3)C2)ccc1Nc1ncc2c(n1)NC(=O)C21CC1.OC1CCCCC1. The molecule has 0 radical (unpaired) electrons. The van der Waals surface area contributed by atoms with Crippen LogP contribution >= 0.6 is 0 Å². The van der Waals surface area contributed by atoms with Gasteiger partial charge in [0.1, 0.15) is 34.1 Å². The van der Waals surface area contributed by atoms with Crippen LogP contribution in [0, 0.1) is 24.1 Å². The molecule has 3 saturated heterocycles. The number of hydrogen-bond donors (Lipinski definition) is 6. The lowest BCUT2D eigenvalue weighted by Gasteiger charge is -2.56. The van der Waals surface area contributed by atoms with Crippen LogP contribution in [0.15, 0.2) is 46.2 Å². The van der Waals surface area contributed by atoms with Crippen LogP contribution < -0.4 is 31.3 Å². The van der Waals surface area contributed by atoms with E-state index < -0.39 is 45.6 Å². The summed E-state index contributed by atoms with van der Waals surface area (Å²) < 4.78 is 35.1. The Morgan fingerprint density at radius 1 is 0.925 bits per heavy atom. The van der Waals surface area contributed by atoms with E-state index in [4.69, 9.17) is 5.11 Å². The summed E-state index contributed by atoms with van der Waals surface area (Å²) in [5.41, 5.74) is 1.25. The van der Waals surface area contributed by atoms with E-state index in [1.807, 2.05) is 24.0 Å². The lowest BCUT2D eigenvalue weighted by atomic mass is 9.58. The molecule has 6 N–H and O–H groups in total. The molecule has 2 unspecified atom stereocenters. The number of fused-ring (bicyclic) bond motifs is 3. The Morgan fingerprint density at radius 3 is 2.31 bits per heavy atom. The van der Waals surface area contributed by atoms with Crippen molar-refractivity contribution in [1.82, 2.24) is 34.0 Å². The number of imidazole rings is 1. The molecule has 7 aliphatic rings. The number of benzene rings is 2. The fourth-order valence-electron chi connectivity index (χ4n) is 11.6. The highest BCUT2D eigenvalue weighted by molar-refractivity contribution is 7.83. The maximum Gasteiger partial charge on any atom is 0.329 e. The zero-order valence-electron chi connectivity index (χ0n) is 38.2. The van der Waals surface area contributed by atoms with Gasteiger partial charge in [0.25, 0.3) is 0 Å². The summed E-state index contributed by atoms with van der Waals surface area (Å²) in [5, 5.41) is 28.7. The number of likely N-dealkylation sites (tertiary alicyclic amines) is 1. The van der Waals surface area contributed by atoms with Crippen LogP contribution in [-0.2, 0) is 37.8 Å². The summed E-state index contributed by atoms with van der Waals surface area (Å²) in [5.74, 6) is -0.0371. The number of aryl methyl sites for hydroxylation is 2. The van der Waals surface area contributed by atoms with E-state index in [0.717, 1.165) is 87.8 Å². The number of carbonyl (C=O) groups is 3. The van der Waals surface area contributed by atoms with Gasteiger partial charge in [0.05, 0.1) is 27.6 Å². The van der Waals surface area contributed by atoms with Crippen molar-refractivity contribution >= 4 is 62.9 Å². The number of imide groups is 1. The lowest BCUT2D eigenvalue weighted by molar-refractivity contribution is -0.155. The van der Waals surface area contributed by atoms with Crippen molar-refractivity contribution < 1.29 is 33.2 Å². The van der Waals surface area contributed by atoms with E-state index in [0.29, 0.717) is 59.7 Å². The summed E-state index contributed by atoms with van der Waals surface area (Å²) in [4.78, 5) is 63.9. The average Bonchev–Trinajstić information content (AvgIpc) is 4.00. The van der Waals surface area contributed by atoms with Crippen LogP contribution in [0.1, 0.15) is 113 Å². The maximum absolute atomic E-state index is 16.2. The lowest BCUT2D eigenvalue weighted by Crippen LogP contribution is -2.63. The number of halogens is 1. The molecule has 4 aliphatic heterocycles. The van der Waals surface area contributed by atoms with Crippen LogP contribution in [0.2, 0.25) is 0 Å². The Balaban J connectivity index is 0.000000689. The molecule has 6 heterocycles. The third-order valence-electron chi connectivity index (χ3n) is 15.6. The van der Waals surface area contributed by atoms with Gasteiger partial charge < -0.3 is 30.6 Å². The number of hydrogen-bond acceptors (Lipinski definition) is 12. The Morgan fingerprint density at radius 2 is 1.66 bits per heavy atom. The number of aliphatic hydroxyl groups is 2. The van der Waals surface area contributed by atoms with Gasteiger partial charge in [0, 0.05) is 50.6 Å². The quantitative estimate of drug-likeness (QED) is 0.0997. The smallest absolute Gasteiger partial charge is 0.329 e. The Hall–Kier alpha value is -5.08. The molecule has 67 heavy (non-hydrogen) atoms. The molecule has 358 valence electrons. The number of anilines is 4. The first-order chi connectivity index (χ1) is 32.1. The van der Waals surface area contributed by atoms with Gasteiger partial charge in [0.15, 0.2) is 5.82 Å². The van der Waals surface area contributed by atoms with Gasteiger partial charge in [-0.3, -0.25) is 28.8 Å². The van der Waals surface area contributed by atoms with E-state index in [1.165, 1.54) is 35.4 Å². The Kier molecular flexibility index (Phi) is 12.1. The number of carbonyl (C=O) groups excluding carboxylic acids is 3. The molecule has 4 aromatic rings. The molecule has 6 fully saturated rings. The zero-order valence-corrected chi connectivity index (χ0v) is 39.1. The molecule has 11 rings (SSSR count). The standard InChI is InChI=1S/C42H49FN10O6S.C6H12O/c1-24-19-26(3-4-28(24)45-38-44-20-27-35(48-38)47-37(56)41(27)11-12-41)60(59)49-42(58)22-40(23-42)13-17-51(18-14-40)21-25-9-15-52(16-10-25)29-5-6-30-34(33(29)43)50(2)39(57)53(30)31-7-8-32(54)46-36(31)55;7-6-4-2-1-3-5-6/h3-6,19-20,25,31,49,58H,7-18,21-23H2,1-2H3,(H,46,54,55)(H2,44,45,47,48,56);6-7H,1-5H2. The van der Waals surface area contributed by atoms with Crippen molar-refractivity contribution in [3.63, 3.8) is 0 Å². The zero-order chi connectivity index (χ0) is 46.8. The Bertz CT molecular complexity index is 2690. The van der Waals surface area contributed by atoms with E-state index in [-0.39, 0.29) is 41.7 Å². The fraction of sp³-hybridized carbons (Fsp3) is 0.583. The highest BCUT2D eigenvalue weighted by atomic mass is 32.2. The highest BCUT2D eigenvalue weighted by Gasteiger charge is 2.57. The first kappa shape index (κ1) is 45.7. The van der Waals surface area contributed by atoms with Crippen LogP contribution in [0.25, 0.3) is 11.0 Å². The van der Waals surface area contributed by atoms with Gasteiger partial charge in [-0.1, -0.05) is 19.3 Å². The number of aliphatic hydroxyl groups excluding tert-OH is 1. The summed E-state index contributed by atoms with van der Waals surface area (Å²) in [6.45, 7) is 6.09. The van der Waals surface area contributed by atoms with Crippen molar-refractivity contribution in [2.24, 2.45) is 18.4 Å². The largest absolute Gasteiger partial charge is 0.393 e. The molecule has 2 atom stereocenters. The van der Waals surface area contributed by atoms with Crippen molar-refractivity contribution in [3.05, 3.63) is 64.0 Å². The highest BCUT2D eigenvalue weighted by Crippen LogP contribution is 2.55. The second-order valence-corrected chi connectivity index (χ2v) is 21.5. The number of nitrogens with one attached hydrogen (secondary N) is 4. The summed E-state index contributed by atoms with van der Waals surface area (Å²) >= 11 is 0. The van der Waals surface area contributed by atoms with E-state index >= 15 is 4.39 Å². The predicted octanol–water partition coefficient (Wildman–Crippen LogP) is 4.69. The Labute approximate surface area is 390 Å². The van der Waals surface area contributed by atoms with Crippen LogP contribution in [0.3, 0.4) is 0 Å². The van der Waals surface area contributed by atoms with E-state index in [1.54, 1.807) is 24.4 Å². The first-order valence-electron chi connectivity index (χ1n) is 24.0. The van der Waals surface area contributed by atoms with Crippen LogP contribution in [0.4, 0.5) is 27.5 Å². The van der Waals surface area contributed by atoms with Gasteiger partial charge >= 0.3 is 5.69 Å². The summed E-state index contributed by atoms with van der Waals surface area (Å²) in [7, 11) is -0.111. The van der Waals surface area contributed by atoms with Gasteiger partial charge in [-0.05, 0) is 138 Å². The minimum atomic E-state index is -1.62. The summed E-state index contributed by atoms with van der Waals surface area (Å²) in [6.07, 6.45) is 14.4. The van der Waals surface area contributed by atoms with Crippen LogP contribution in [-0.4, -0.2) is 101 Å². The minimum Gasteiger partial charge on any atom is -0.393 e. The molecule has 3 saturated carbocycles. The van der Waals surface area contributed by atoms with Crippen molar-refractivity contribution in [1.29, 1.82) is 0 Å². The molecular formula is C48H61FN10O7S. The molecule has 3 amide bonds. The average molecular weight is 941 g/mol. The number of rotatable bonds is 9. The number of amides is 3. The molecule has 19 heteroatoms. The second-order valence-electron chi connectivity index (χ2n) is 20.3. The molecule has 2 aromatic carbocycles. The van der Waals surface area contributed by atoms with Gasteiger partial charge in [-0.25, -0.2) is 23.1 Å². The normalized spacial score (nSPS) is 23.9. The van der Waals surface area contributed by atoms with Gasteiger partial charge in [-0.2, -0.15) is 4.98 Å². The maximum atomic E-state index is 16.2. The number of piperidine rings is 3. The third-order valence-corrected chi connectivity index (χ3v) is 16.9. The molecule has 3 aliphatic carbocycles. The monoisotopic (exact) mass is 940 g/mol. The number of aromatic nitrogens is 4. The van der Waals surface area contributed by atoms with Gasteiger partial charge in [-0.15, -0.1) is 0 Å². The molecular weight excluding hydrogens is 880 g/mol. The van der Waals surface area contributed by atoms with Crippen LogP contribution in [0.5, 0.6) is 0 Å².